The van der Waals surface area contributed by atoms with Crippen LogP contribution in [0.2, 0.25) is 0 Å². The van der Waals surface area contributed by atoms with Crippen molar-refractivity contribution in [1.82, 2.24) is 9.88 Å². The first kappa shape index (κ1) is 25.1. The summed E-state index contributed by atoms with van der Waals surface area (Å²) in [6.45, 7) is 5.31. The van der Waals surface area contributed by atoms with Crippen molar-refractivity contribution in [2.24, 2.45) is 11.1 Å². The number of carbonyl (C=O) groups is 3. The molecule has 12 heteroatoms. The molecule has 0 radical (unpaired) electrons. The quantitative estimate of drug-likeness (QED) is 0.716. The van der Waals surface area contributed by atoms with Crippen LogP contribution in [0.4, 0.5) is 18.9 Å². The number of rotatable bonds is 4. The number of alkyl halides is 3. The molecule has 1 unspecified atom stereocenters. The Labute approximate surface area is 182 Å². The fraction of sp³-hybridized carbons (Fsp3) is 0.550. The van der Waals surface area contributed by atoms with Crippen molar-refractivity contribution in [2.75, 3.05) is 18.4 Å². The molecule has 1 aromatic rings. The molecule has 1 fully saturated rings. The Balaban J connectivity index is 0.000000451. The molecule has 176 valence electrons. The van der Waals surface area contributed by atoms with Crippen LogP contribution >= 0.6 is 0 Å². The maximum absolute atomic E-state index is 12.4. The first-order valence-corrected chi connectivity index (χ1v) is 9.96. The van der Waals surface area contributed by atoms with Gasteiger partial charge in [0.05, 0.1) is 18.4 Å². The zero-order chi connectivity index (χ0) is 23.9. The first-order chi connectivity index (χ1) is 14.9. The SMILES string of the molecule is CC(C)CC(=O)N1CCCC2(CC(C(=O)Nc3cccnc3)=NO2)C1.O=C(O)C(F)(F)F. The Morgan fingerprint density at radius 1 is 1.34 bits per heavy atom. The minimum absolute atomic E-state index is 0.144. The maximum atomic E-state index is 12.4. The van der Waals surface area contributed by atoms with Gasteiger partial charge in [-0.05, 0) is 30.9 Å². The van der Waals surface area contributed by atoms with E-state index in [9.17, 15) is 22.8 Å². The van der Waals surface area contributed by atoms with E-state index in [1.807, 2.05) is 18.7 Å². The molecule has 1 spiro atoms. The molecular weight excluding hydrogens is 433 g/mol. The third kappa shape index (κ3) is 7.20. The van der Waals surface area contributed by atoms with Crippen molar-refractivity contribution < 1.29 is 37.5 Å². The molecule has 1 saturated heterocycles. The van der Waals surface area contributed by atoms with Gasteiger partial charge in [0.2, 0.25) is 5.91 Å². The average Bonchev–Trinajstić information content (AvgIpc) is 3.11. The van der Waals surface area contributed by atoms with Crippen molar-refractivity contribution in [3.05, 3.63) is 24.5 Å². The lowest BCUT2D eigenvalue weighted by Gasteiger charge is -2.38. The highest BCUT2D eigenvalue weighted by Crippen LogP contribution is 2.34. The van der Waals surface area contributed by atoms with Crippen LogP contribution in [-0.2, 0) is 19.2 Å². The Kier molecular flexibility index (Phi) is 8.17. The number of hydrogen-bond donors (Lipinski definition) is 2. The molecule has 2 aliphatic heterocycles. The smallest absolute Gasteiger partial charge is 0.475 e. The molecule has 0 bridgehead atoms. The monoisotopic (exact) mass is 458 g/mol. The summed E-state index contributed by atoms with van der Waals surface area (Å²) >= 11 is 0. The second kappa shape index (κ2) is 10.4. The van der Waals surface area contributed by atoms with Gasteiger partial charge in [0, 0.05) is 25.6 Å². The third-order valence-electron chi connectivity index (χ3n) is 4.74. The summed E-state index contributed by atoms with van der Waals surface area (Å²) in [5.74, 6) is -2.57. The molecule has 0 aliphatic carbocycles. The Bertz CT molecular complexity index is 861. The lowest BCUT2D eigenvalue weighted by molar-refractivity contribution is -0.192. The molecule has 0 saturated carbocycles. The minimum Gasteiger partial charge on any atom is -0.475 e. The van der Waals surface area contributed by atoms with Crippen molar-refractivity contribution in [3.8, 4) is 0 Å². The zero-order valence-corrected chi connectivity index (χ0v) is 17.7. The second-order valence-electron chi connectivity index (χ2n) is 8.00. The number of nitrogens with zero attached hydrogens (tertiary/aromatic N) is 3. The fourth-order valence-electron chi connectivity index (χ4n) is 3.29. The number of halogens is 3. The highest BCUT2D eigenvalue weighted by Gasteiger charge is 2.45. The Morgan fingerprint density at radius 3 is 2.59 bits per heavy atom. The normalized spacial score (nSPS) is 20.2. The predicted molar refractivity (Wildman–Crippen MR) is 108 cm³/mol. The molecular formula is C20H25F3N4O5. The van der Waals surface area contributed by atoms with E-state index >= 15 is 0 Å². The van der Waals surface area contributed by atoms with E-state index in [2.05, 4.69) is 15.5 Å². The van der Waals surface area contributed by atoms with Gasteiger partial charge < -0.3 is 20.2 Å². The molecule has 1 atom stereocenters. The standard InChI is InChI=1S/C18H24N4O3.C2HF3O2/c1-13(2)9-16(23)22-8-4-6-18(12-22)10-15(21-25-18)17(24)20-14-5-3-7-19-11-14;3-2(4,5)1(6)7/h3,5,7,11,13H,4,6,8-10,12H2,1-2H3,(H,20,24);(H,6,7). The number of carbonyl (C=O) groups excluding carboxylic acids is 2. The summed E-state index contributed by atoms with van der Waals surface area (Å²) in [7, 11) is 0. The van der Waals surface area contributed by atoms with E-state index in [0.717, 1.165) is 19.4 Å². The van der Waals surface area contributed by atoms with Crippen LogP contribution < -0.4 is 5.32 Å². The lowest BCUT2D eigenvalue weighted by atomic mass is 9.87. The summed E-state index contributed by atoms with van der Waals surface area (Å²) < 4.78 is 31.7. The molecule has 3 heterocycles. The molecule has 9 nitrogen and oxygen atoms in total. The van der Waals surface area contributed by atoms with Crippen LogP contribution in [0.1, 0.15) is 39.5 Å². The number of hydrogen-bond acceptors (Lipinski definition) is 6. The summed E-state index contributed by atoms with van der Waals surface area (Å²) in [5, 5.41) is 13.9. The van der Waals surface area contributed by atoms with E-state index in [-0.39, 0.29) is 11.8 Å². The highest BCUT2D eigenvalue weighted by atomic mass is 19.4. The first-order valence-electron chi connectivity index (χ1n) is 9.96. The number of amides is 2. The average molecular weight is 458 g/mol. The van der Waals surface area contributed by atoms with Crippen molar-refractivity contribution in [2.45, 2.75) is 51.3 Å². The van der Waals surface area contributed by atoms with Crippen LogP contribution in [0.15, 0.2) is 29.7 Å². The largest absolute Gasteiger partial charge is 0.490 e. The Morgan fingerprint density at radius 2 is 2.03 bits per heavy atom. The molecule has 2 N–H and O–H groups in total. The maximum Gasteiger partial charge on any atom is 0.490 e. The number of likely N-dealkylation sites (tertiary alicyclic amines) is 1. The van der Waals surface area contributed by atoms with E-state index < -0.39 is 17.7 Å². The van der Waals surface area contributed by atoms with Crippen molar-refractivity contribution >= 4 is 29.2 Å². The molecule has 1 aromatic heterocycles. The van der Waals surface area contributed by atoms with Gasteiger partial charge in [-0.15, -0.1) is 0 Å². The van der Waals surface area contributed by atoms with Gasteiger partial charge in [-0.25, -0.2) is 4.79 Å². The molecule has 2 amide bonds. The number of carboxylic acid groups (broad SMARTS) is 1. The van der Waals surface area contributed by atoms with Gasteiger partial charge in [-0.2, -0.15) is 13.2 Å². The summed E-state index contributed by atoms with van der Waals surface area (Å²) in [6.07, 6.45) is 0.751. The van der Waals surface area contributed by atoms with E-state index in [0.29, 0.717) is 36.7 Å². The lowest BCUT2D eigenvalue weighted by Crippen LogP contribution is -2.51. The fourth-order valence-corrected chi connectivity index (χ4v) is 3.29. The van der Waals surface area contributed by atoms with Gasteiger partial charge in [0.15, 0.2) is 5.60 Å². The highest BCUT2D eigenvalue weighted by molar-refractivity contribution is 6.43. The van der Waals surface area contributed by atoms with Gasteiger partial charge >= 0.3 is 12.1 Å². The number of nitrogens with one attached hydrogen (secondary N) is 1. The number of oxime groups is 1. The summed E-state index contributed by atoms with van der Waals surface area (Å²) in [5.41, 5.74) is 0.419. The van der Waals surface area contributed by atoms with Crippen LogP contribution in [0, 0.1) is 5.92 Å². The van der Waals surface area contributed by atoms with Crippen LogP contribution in [0.25, 0.3) is 0 Å². The topological polar surface area (TPSA) is 121 Å². The van der Waals surface area contributed by atoms with E-state index in [1.165, 1.54) is 0 Å². The van der Waals surface area contributed by atoms with Crippen LogP contribution in [0.5, 0.6) is 0 Å². The summed E-state index contributed by atoms with van der Waals surface area (Å²) in [6, 6.07) is 3.52. The van der Waals surface area contributed by atoms with Crippen LogP contribution in [-0.4, -0.2) is 63.4 Å². The van der Waals surface area contributed by atoms with Crippen molar-refractivity contribution in [3.63, 3.8) is 0 Å². The van der Waals surface area contributed by atoms with Gasteiger partial charge in [0.1, 0.15) is 5.71 Å². The van der Waals surface area contributed by atoms with Gasteiger partial charge in [0.25, 0.3) is 5.91 Å². The van der Waals surface area contributed by atoms with Crippen LogP contribution in [0.3, 0.4) is 0 Å². The van der Waals surface area contributed by atoms with E-state index in [1.54, 1.807) is 24.5 Å². The number of aromatic nitrogens is 1. The molecule has 2 aliphatic rings. The minimum atomic E-state index is -5.08. The molecule has 32 heavy (non-hydrogen) atoms. The third-order valence-corrected chi connectivity index (χ3v) is 4.74. The number of piperidine rings is 1. The summed E-state index contributed by atoms with van der Waals surface area (Å²) in [4.78, 5) is 45.1. The molecule has 3 rings (SSSR count). The second-order valence-corrected chi connectivity index (χ2v) is 8.00. The number of pyridine rings is 1. The zero-order valence-electron chi connectivity index (χ0n) is 17.7. The van der Waals surface area contributed by atoms with Crippen molar-refractivity contribution in [1.29, 1.82) is 0 Å². The number of anilines is 1. The number of carboxylic acids is 1. The van der Waals surface area contributed by atoms with Gasteiger partial charge in [-0.3, -0.25) is 14.6 Å². The Hall–Kier alpha value is -3.18. The predicted octanol–water partition coefficient (Wildman–Crippen LogP) is 2.84. The number of aliphatic carboxylic acids is 1. The van der Waals surface area contributed by atoms with Gasteiger partial charge in [-0.1, -0.05) is 19.0 Å². The molecule has 0 aromatic carbocycles. The van der Waals surface area contributed by atoms with E-state index in [4.69, 9.17) is 14.7 Å².